The molecule has 0 atom stereocenters. The number of rotatable bonds is 3. The molecule has 0 fully saturated rings. The van der Waals surface area contributed by atoms with Gasteiger partial charge in [0.2, 0.25) is 0 Å². The highest BCUT2D eigenvalue weighted by Gasteiger charge is 2.20. The van der Waals surface area contributed by atoms with E-state index in [2.05, 4.69) is 40.0 Å². The number of nitrogen functional groups attached to an aromatic ring is 1. The van der Waals surface area contributed by atoms with E-state index in [1.807, 2.05) is 6.07 Å². The Morgan fingerprint density at radius 2 is 2.14 bits per heavy atom. The van der Waals surface area contributed by atoms with Crippen molar-refractivity contribution in [3.63, 3.8) is 0 Å². The van der Waals surface area contributed by atoms with Crippen LogP contribution in [0.25, 0.3) is 0 Å². The van der Waals surface area contributed by atoms with Crippen molar-refractivity contribution >= 4 is 17.3 Å². The van der Waals surface area contributed by atoms with Gasteiger partial charge in [0.05, 0.1) is 0 Å². The van der Waals surface area contributed by atoms with E-state index >= 15 is 0 Å². The normalized spacial score (nSPS) is 14.1. The molecule has 1 aliphatic rings. The van der Waals surface area contributed by atoms with Gasteiger partial charge >= 0.3 is 0 Å². The highest BCUT2D eigenvalue weighted by Crippen LogP contribution is 2.33. The van der Waals surface area contributed by atoms with Crippen LogP contribution in [-0.4, -0.2) is 23.6 Å². The Labute approximate surface area is 124 Å². The van der Waals surface area contributed by atoms with Crippen molar-refractivity contribution in [1.29, 1.82) is 0 Å². The maximum Gasteiger partial charge on any atom is 0.158 e. The number of fused-ring (bicyclic) bond motifs is 1. The van der Waals surface area contributed by atoms with Gasteiger partial charge < -0.3 is 15.4 Å². The maximum absolute atomic E-state index is 5.91. The Balaban J connectivity index is 2.02. The monoisotopic (exact) mass is 284 g/mol. The molecule has 0 amide bonds. The molecule has 0 aliphatic carbocycles. The van der Waals surface area contributed by atoms with Crippen LogP contribution in [0.1, 0.15) is 23.4 Å². The Bertz CT molecular complexity index is 657. The zero-order valence-corrected chi connectivity index (χ0v) is 12.5. The molecular formula is C16H20N4O. The van der Waals surface area contributed by atoms with Crippen LogP contribution in [-0.2, 0) is 17.8 Å². The summed E-state index contributed by atoms with van der Waals surface area (Å²) in [4.78, 5) is 11.0. The SMILES string of the molecule is COCc1nc(N)cc(N2CCCc3cc(C)ccc32)n1. The second kappa shape index (κ2) is 5.69. The molecule has 1 aliphatic heterocycles. The summed E-state index contributed by atoms with van der Waals surface area (Å²) in [7, 11) is 1.63. The molecule has 0 unspecified atom stereocenters. The number of nitrogens with zero attached hydrogens (tertiary/aromatic N) is 3. The number of hydrogen-bond donors (Lipinski definition) is 1. The molecule has 2 aromatic rings. The summed E-state index contributed by atoms with van der Waals surface area (Å²) in [5.41, 5.74) is 9.78. The fourth-order valence-corrected chi connectivity index (χ4v) is 2.80. The first-order chi connectivity index (χ1) is 10.2. The number of nitrogens with two attached hydrogens (primary N) is 1. The third kappa shape index (κ3) is 2.83. The van der Waals surface area contributed by atoms with E-state index in [1.54, 1.807) is 7.11 Å². The van der Waals surface area contributed by atoms with Gasteiger partial charge in [-0.1, -0.05) is 17.7 Å². The first kappa shape index (κ1) is 13.8. The van der Waals surface area contributed by atoms with Crippen LogP contribution >= 0.6 is 0 Å². The van der Waals surface area contributed by atoms with Gasteiger partial charge in [-0.25, -0.2) is 9.97 Å². The number of aromatic nitrogens is 2. The predicted octanol–water partition coefficient (Wildman–Crippen LogP) is 2.60. The number of hydrogen-bond acceptors (Lipinski definition) is 5. The van der Waals surface area contributed by atoms with Crippen LogP contribution in [0.15, 0.2) is 24.3 Å². The summed E-state index contributed by atoms with van der Waals surface area (Å²) in [6.07, 6.45) is 2.22. The summed E-state index contributed by atoms with van der Waals surface area (Å²) in [5, 5.41) is 0. The van der Waals surface area contributed by atoms with Gasteiger partial charge in [0.1, 0.15) is 18.2 Å². The van der Waals surface area contributed by atoms with E-state index in [4.69, 9.17) is 10.5 Å². The first-order valence-corrected chi connectivity index (χ1v) is 7.17. The fraction of sp³-hybridized carbons (Fsp3) is 0.375. The smallest absolute Gasteiger partial charge is 0.158 e. The quantitative estimate of drug-likeness (QED) is 0.938. The second-order valence-electron chi connectivity index (χ2n) is 5.39. The lowest BCUT2D eigenvalue weighted by molar-refractivity contribution is 0.178. The first-order valence-electron chi connectivity index (χ1n) is 7.17. The fourth-order valence-electron chi connectivity index (χ4n) is 2.80. The molecular weight excluding hydrogens is 264 g/mol. The largest absolute Gasteiger partial charge is 0.384 e. The number of ether oxygens (including phenoxy) is 1. The molecule has 5 heteroatoms. The zero-order chi connectivity index (χ0) is 14.8. The lowest BCUT2D eigenvalue weighted by Crippen LogP contribution is -2.26. The molecule has 1 aromatic carbocycles. The van der Waals surface area contributed by atoms with E-state index in [1.165, 1.54) is 16.8 Å². The minimum atomic E-state index is 0.368. The molecule has 2 N–H and O–H groups in total. The van der Waals surface area contributed by atoms with Crippen LogP contribution in [0.5, 0.6) is 0 Å². The van der Waals surface area contributed by atoms with Crippen LogP contribution in [0.4, 0.5) is 17.3 Å². The highest BCUT2D eigenvalue weighted by atomic mass is 16.5. The Morgan fingerprint density at radius 3 is 2.95 bits per heavy atom. The van der Waals surface area contributed by atoms with Gasteiger partial charge in [0.25, 0.3) is 0 Å². The molecule has 21 heavy (non-hydrogen) atoms. The Kier molecular flexibility index (Phi) is 3.75. The third-order valence-corrected chi connectivity index (χ3v) is 3.68. The van der Waals surface area contributed by atoms with Gasteiger partial charge in [0.15, 0.2) is 5.82 Å². The molecule has 3 rings (SSSR count). The summed E-state index contributed by atoms with van der Waals surface area (Å²) >= 11 is 0. The van der Waals surface area contributed by atoms with Crippen LogP contribution in [0.3, 0.4) is 0 Å². The van der Waals surface area contributed by atoms with Gasteiger partial charge in [-0.2, -0.15) is 0 Å². The molecule has 0 radical (unpaired) electrons. The molecule has 0 bridgehead atoms. The van der Waals surface area contributed by atoms with Crippen molar-refractivity contribution in [3.05, 3.63) is 41.2 Å². The molecule has 2 heterocycles. The highest BCUT2D eigenvalue weighted by molar-refractivity contribution is 5.67. The lowest BCUT2D eigenvalue weighted by Gasteiger charge is -2.31. The van der Waals surface area contributed by atoms with Crippen LogP contribution < -0.4 is 10.6 Å². The van der Waals surface area contributed by atoms with Crippen molar-refractivity contribution < 1.29 is 4.74 Å². The topological polar surface area (TPSA) is 64.3 Å². The summed E-state index contributed by atoms with van der Waals surface area (Å²) < 4.78 is 5.11. The molecule has 1 aromatic heterocycles. The molecule has 0 saturated carbocycles. The van der Waals surface area contributed by atoms with E-state index < -0.39 is 0 Å². The zero-order valence-electron chi connectivity index (χ0n) is 12.5. The van der Waals surface area contributed by atoms with Crippen molar-refractivity contribution in [2.45, 2.75) is 26.4 Å². The summed E-state index contributed by atoms with van der Waals surface area (Å²) in [6.45, 7) is 3.43. The maximum atomic E-state index is 5.91. The average molecular weight is 284 g/mol. The van der Waals surface area contributed by atoms with Crippen molar-refractivity contribution in [3.8, 4) is 0 Å². The molecule has 0 saturated heterocycles. The molecule has 110 valence electrons. The Hall–Kier alpha value is -2.14. The van der Waals surface area contributed by atoms with Gasteiger partial charge in [-0.15, -0.1) is 0 Å². The number of methoxy groups -OCH3 is 1. The van der Waals surface area contributed by atoms with Gasteiger partial charge in [-0.05, 0) is 31.4 Å². The van der Waals surface area contributed by atoms with E-state index in [-0.39, 0.29) is 0 Å². The van der Waals surface area contributed by atoms with E-state index in [0.29, 0.717) is 18.2 Å². The van der Waals surface area contributed by atoms with Crippen molar-refractivity contribution in [1.82, 2.24) is 9.97 Å². The number of aryl methyl sites for hydroxylation is 2. The van der Waals surface area contributed by atoms with Gasteiger partial charge in [-0.3, -0.25) is 0 Å². The minimum Gasteiger partial charge on any atom is -0.384 e. The molecule has 5 nitrogen and oxygen atoms in total. The van der Waals surface area contributed by atoms with Crippen molar-refractivity contribution in [2.75, 3.05) is 24.3 Å². The molecule has 0 spiro atoms. The predicted molar refractivity (Wildman–Crippen MR) is 83.7 cm³/mol. The Morgan fingerprint density at radius 1 is 1.29 bits per heavy atom. The van der Waals surface area contributed by atoms with Crippen LogP contribution in [0, 0.1) is 6.92 Å². The lowest BCUT2D eigenvalue weighted by atomic mass is 9.99. The van der Waals surface area contributed by atoms with Crippen LogP contribution in [0.2, 0.25) is 0 Å². The number of benzene rings is 1. The van der Waals surface area contributed by atoms with Gasteiger partial charge in [0, 0.05) is 25.4 Å². The standard InChI is InChI=1S/C16H20N4O/c1-11-5-6-13-12(8-11)4-3-7-20(13)16-9-14(17)18-15(19-16)10-21-2/h5-6,8-9H,3-4,7,10H2,1-2H3,(H2,17,18,19). The van der Waals surface area contributed by atoms with Crippen molar-refractivity contribution in [2.24, 2.45) is 0 Å². The summed E-state index contributed by atoms with van der Waals surface area (Å²) in [5.74, 6) is 1.94. The van der Waals surface area contributed by atoms with E-state index in [9.17, 15) is 0 Å². The number of anilines is 3. The summed E-state index contributed by atoms with van der Waals surface area (Å²) in [6, 6.07) is 8.38. The second-order valence-corrected chi connectivity index (χ2v) is 5.39. The third-order valence-electron chi connectivity index (χ3n) is 3.68. The average Bonchev–Trinajstić information content (AvgIpc) is 2.46. The minimum absolute atomic E-state index is 0.368. The van der Waals surface area contributed by atoms with E-state index in [0.717, 1.165) is 25.2 Å².